The number of nitrogens with one attached hydrogen (secondary N) is 1. The average Bonchev–Trinajstić information content (AvgIpc) is 2.35. The first-order chi connectivity index (χ1) is 8.54. The van der Waals surface area contributed by atoms with Crippen molar-refractivity contribution in [1.29, 1.82) is 0 Å². The van der Waals surface area contributed by atoms with Crippen LogP contribution in [0.15, 0.2) is 0 Å². The normalized spacial score (nSPS) is 25.3. The Bertz CT molecular complexity index is 219. The maximum atomic E-state index is 5.31. The standard InChI is InChI=1S/C15H32N2O/c1-12(2)16-9-13(3)14(4)17-8-6-7-15(10-17)11-18-5/h12-16H,6-11H2,1-5H3. The first-order valence-electron chi connectivity index (χ1n) is 7.51. The molecular weight excluding hydrogens is 224 g/mol. The van der Waals surface area contributed by atoms with Gasteiger partial charge in [-0.05, 0) is 44.7 Å². The molecule has 1 aliphatic rings. The van der Waals surface area contributed by atoms with Crippen LogP contribution in [-0.2, 0) is 4.74 Å². The predicted octanol–water partition coefficient (Wildman–Crippen LogP) is 2.37. The lowest BCUT2D eigenvalue weighted by molar-refractivity contribution is 0.0576. The fraction of sp³-hybridized carbons (Fsp3) is 1.00. The average molecular weight is 256 g/mol. The van der Waals surface area contributed by atoms with Gasteiger partial charge in [0.05, 0.1) is 6.61 Å². The quantitative estimate of drug-likeness (QED) is 0.757. The SMILES string of the molecule is COCC1CCCN(C(C)C(C)CNC(C)C)C1. The number of hydrogen-bond acceptors (Lipinski definition) is 3. The summed E-state index contributed by atoms with van der Waals surface area (Å²) in [5.41, 5.74) is 0. The molecule has 0 saturated carbocycles. The lowest BCUT2D eigenvalue weighted by atomic mass is 9.94. The van der Waals surface area contributed by atoms with Gasteiger partial charge in [-0.1, -0.05) is 20.8 Å². The summed E-state index contributed by atoms with van der Waals surface area (Å²) in [4.78, 5) is 2.65. The Kier molecular flexibility index (Phi) is 7.20. The van der Waals surface area contributed by atoms with Crippen LogP contribution in [0.1, 0.15) is 40.5 Å². The van der Waals surface area contributed by atoms with Crippen molar-refractivity contribution in [3.63, 3.8) is 0 Å². The summed E-state index contributed by atoms with van der Waals surface area (Å²) in [5, 5.41) is 3.55. The van der Waals surface area contributed by atoms with E-state index in [1.165, 1.54) is 25.9 Å². The summed E-state index contributed by atoms with van der Waals surface area (Å²) in [6, 6.07) is 1.25. The van der Waals surface area contributed by atoms with Crippen molar-refractivity contribution in [3.05, 3.63) is 0 Å². The van der Waals surface area contributed by atoms with Gasteiger partial charge >= 0.3 is 0 Å². The molecule has 0 spiro atoms. The molecule has 3 nitrogen and oxygen atoms in total. The highest BCUT2D eigenvalue weighted by molar-refractivity contribution is 4.80. The second-order valence-corrected chi connectivity index (χ2v) is 6.24. The molecule has 0 aliphatic carbocycles. The number of rotatable bonds is 7. The van der Waals surface area contributed by atoms with Gasteiger partial charge in [-0.3, -0.25) is 4.90 Å². The summed E-state index contributed by atoms with van der Waals surface area (Å²) < 4.78 is 5.31. The smallest absolute Gasteiger partial charge is 0.0502 e. The topological polar surface area (TPSA) is 24.5 Å². The number of likely N-dealkylation sites (tertiary alicyclic amines) is 1. The molecule has 3 atom stereocenters. The van der Waals surface area contributed by atoms with Crippen LogP contribution in [0, 0.1) is 11.8 Å². The highest BCUT2D eigenvalue weighted by atomic mass is 16.5. The predicted molar refractivity (Wildman–Crippen MR) is 77.9 cm³/mol. The first kappa shape index (κ1) is 15.9. The van der Waals surface area contributed by atoms with E-state index in [1.807, 2.05) is 7.11 Å². The Hall–Kier alpha value is -0.120. The van der Waals surface area contributed by atoms with Gasteiger partial charge in [0, 0.05) is 25.7 Å². The Morgan fingerprint density at radius 2 is 2.00 bits per heavy atom. The summed E-state index contributed by atoms with van der Waals surface area (Å²) in [6.45, 7) is 13.7. The molecule has 3 unspecified atom stereocenters. The minimum absolute atomic E-state index is 0.585. The minimum atomic E-state index is 0.585. The molecule has 0 aromatic carbocycles. The van der Waals surface area contributed by atoms with E-state index >= 15 is 0 Å². The van der Waals surface area contributed by atoms with Crippen LogP contribution in [-0.4, -0.2) is 50.3 Å². The third-order valence-corrected chi connectivity index (χ3v) is 4.20. The number of hydrogen-bond donors (Lipinski definition) is 1. The van der Waals surface area contributed by atoms with Gasteiger partial charge < -0.3 is 10.1 Å². The monoisotopic (exact) mass is 256 g/mol. The molecule has 0 amide bonds. The molecule has 0 aromatic rings. The molecule has 108 valence electrons. The van der Waals surface area contributed by atoms with E-state index < -0.39 is 0 Å². The Balaban J connectivity index is 2.37. The zero-order valence-electron chi connectivity index (χ0n) is 12.9. The van der Waals surface area contributed by atoms with Crippen molar-refractivity contribution < 1.29 is 4.74 Å². The molecule has 1 fully saturated rings. The van der Waals surface area contributed by atoms with Gasteiger partial charge in [0.15, 0.2) is 0 Å². The van der Waals surface area contributed by atoms with Crippen LogP contribution in [0.25, 0.3) is 0 Å². The van der Waals surface area contributed by atoms with Crippen LogP contribution >= 0.6 is 0 Å². The Morgan fingerprint density at radius 1 is 1.28 bits per heavy atom. The molecule has 0 aromatic heterocycles. The van der Waals surface area contributed by atoms with Gasteiger partial charge in [-0.25, -0.2) is 0 Å². The van der Waals surface area contributed by atoms with E-state index in [9.17, 15) is 0 Å². The van der Waals surface area contributed by atoms with Crippen LogP contribution in [0.4, 0.5) is 0 Å². The van der Waals surface area contributed by atoms with Crippen LogP contribution in [0.5, 0.6) is 0 Å². The largest absolute Gasteiger partial charge is 0.384 e. The van der Waals surface area contributed by atoms with E-state index in [0.717, 1.165) is 19.1 Å². The van der Waals surface area contributed by atoms with E-state index in [2.05, 4.69) is 37.9 Å². The van der Waals surface area contributed by atoms with Crippen LogP contribution in [0.2, 0.25) is 0 Å². The molecule has 3 heteroatoms. The molecule has 18 heavy (non-hydrogen) atoms. The number of piperidine rings is 1. The third-order valence-electron chi connectivity index (χ3n) is 4.20. The summed E-state index contributed by atoms with van der Waals surface area (Å²) in [5.74, 6) is 1.44. The summed E-state index contributed by atoms with van der Waals surface area (Å²) in [7, 11) is 1.82. The molecule has 0 bridgehead atoms. The van der Waals surface area contributed by atoms with Gasteiger partial charge in [-0.15, -0.1) is 0 Å². The van der Waals surface area contributed by atoms with Gasteiger partial charge in [0.1, 0.15) is 0 Å². The summed E-state index contributed by atoms with van der Waals surface area (Å²) in [6.07, 6.45) is 2.65. The Morgan fingerprint density at radius 3 is 2.61 bits per heavy atom. The lowest BCUT2D eigenvalue weighted by Gasteiger charge is -2.39. The van der Waals surface area contributed by atoms with Gasteiger partial charge in [-0.2, -0.15) is 0 Å². The maximum absolute atomic E-state index is 5.31. The first-order valence-corrected chi connectivity index (χ1v) is 7.51. The van der Waals surface area contributed by atoms with Crippen molar-refractivity contribution in [2.24, 2.45) is 11.8 Å². The van der Waals surface area contributed by atoms with Crippen LogP contribution in [0.3, 0.4) is 0 Å². The maximum Gasteiger partial charge on any atom is 0.0502 e. The second kappa shape index (κ2) is 8.13. The number of methoxy groups -OCH3 is 1. The molecular formula is C15H32N2O. The fourth-order valence-electron chi connectivity index (χ4n) is 2.79. The fourth-order valence-corrected chi connectivity index (χ4v) is 2.79. The Labute approximate surface area is 113 Å². The molecule has 1 rings (SSSR count). The van der Waals surface area contributed by atoms with Crippen LogP contribution < -0.4 is 5.32 Å². The zero-order chi connectivity index (χ0) is 13.5. The highest BCUT2D eigenvalue weighted by Crippen LogP contribution is 2.21. The van der Waals surface area contributed by atoms with E-state index in [0.29, 0.717) is 18.0 Å². The lowest BCUT2D eigenvalue weighted by Crippen LogP contribution is -2.47. The minimum Gasteiger partial charge on any atom is -0.384 e. The van der Waals surface area contributed by atoms with E-state index in [1.54, 1.807) is 0 Å². The molecule has 1 saturated heterocycles. The van der Waals surface area contributed by atoms with Crippen molar-refractivity contribution in [2.75, 3.05) is 33.4 Å². The van der Waals surface area contributed by atoms with Gasteiger partial charge in [0.2, 0.25) is 0 Å². The zero-order valence-corrected chi connectivity index (χ0v) is 12.9. The highest BCUT2D eigenvalue weighted by Gasteiger charge is 2.26. The van der Waals surface area contributed by atoms with E-state index in [4.69, 9.17) is 4.74 Å². The second-order valence-electron chi connectivity index (χ2n) is 6.24. The van der Waals surface area contributed by atoms with Crippen molar-refractivity contribution in [2.45, 2.75) is 52.6 Å². The number of nitrogens with zero attached hydrogens (tertiary/aromatic N) is 1. The van der Waals surface area contributed by atoms with Gasteiger partial charge in [0.25, 0.3) is 0 Å². The molecule has 1 N–H and O–H groups in total. The molecule has 0 radical (unpaired) electrons. The number of ether oxygens (including phenoxy) is 1. The van der Waals surface area contributed by atoms with Crippen molar-refractivity contribution in [1.82, 2.24) is 10.2 Å². The molecule has 1 heterocycles. The molecule has 1 aliphatic heterocycles. The summed E-state index contributed by atoms with van der Waals surface area (Å²) >= 11 is 0. The van der Waals surface area contributed by atoms with Crippen molar-refractivity contribution >= 4 is 0 Å². The van der Waals surface area contributed by atoms with E-state index in [-0.39, 0.29) is 0 Å². The third kappa shape index (κ3) is 5.25. The van der Waals surface area contributed by atoms with Crippen molar-refractivity contribution in [3.8, 4) is 0 Å².